The summed E-state index contributed by atoms with van der Waals surface area (Å²) in [5.41, 5.74) is 0.520. The third kappa shape index (κ3) is 3.54. The largest absolute Gasteiger partial charge is 0.486 e. The molecule has 1 aromatic heterocycles. The van der Waals surface area contributed by atoms with Gasteiger partial charge in [-0.15, -0.1) is 11.3 Å². The first-order valence-electron chi connectivity index (χ1n) is 6.84. The number of nitrogens with zero attached hydrogens (tertiary/aromatic N) is 2. The van der Waals surface area contributed by atoms with Gasteiger partial charge >= 0.3 is 0 Å². The maximum absolute atomic E-state index is 12.2. The van der Waals surface area contributed by atoms with Crippen LogP contribution < -0.4 is 4.74 Å². The Labute approximate surface area is 132 Å². The number of likely N-dealkylation sites (tertiary alicyclic amines) is 1. The summed E-state index contributed by atoms with van der Waals surface area (Å²) in [7, 11) is 0. The van der Waals surface area contributed by atoms with Crippen molar-refractivity contribution in [3.8, 4) is 5.75 Å². The van der Waals surface area contributed by atoms with Crippen LogP contribution in [0.25, 0.3) is 0 Å². The maximum atomic E-state index is 12.2. The topological polar surface area (TPSA) is 42.4 Å². The monoisotopic (exact) mass is 322 g/mol. The fourth-order valence-electron chi connectivity index (χ4n) is 2.26. The van der Waals surface area contributed by atoms with E-state index in [1.54, 1.807) is 17.5 Å². The normalized spacial score (nSPS) is 14.4. The number of hydrogen-bond donors (Lipinski definition) is 0. The zero-order valence-electron chi connectivity index (χ0n) is 11.4. The highest BCUT2D eigenvalue weighted by Crippen LogP contribution is 2.20. The number of ether oxygens (including phenoxy) is 1. The van der Waals surface area contributed by atoms with Crippen LogP contribution in [-0.4, -0.2) is 28.9 Å². The molecule has 2 heterocycles. The highest BCUT2D eigenvalue weighted by molar-refractivity contribution is 7.09. The molecule has 0 radical (unpaired) electrons. The van der Waals surface area contributed by atoms with Gasteiger partial charge < -0.3 is 9.64 Å². The van der Waals surface area contributed by atoms with Gasteiger partial charge in [-0.05, 0) is 31.0 Å². The van der Waals surface area contributed by atoms with Gasteiger partial charge in [0.15, 0.2) is 0 Å². The molecule has 1 fully saturated rings. The first-order chi connectivity index (χ1) is 10.2. The molecular weight excluding hydrogens is 308 g/mol. The summed E-state index contributed by atoms with van der Waals surface area (Å²) in [5.74, 6) is 0.725. The van der Waals surface area contributed by atoms with Crippen LogP contribution in [0.2, 0.25) is 5.02 Å². The molecule has 2 aromatic rings. The fourth-order valence-corrected chi connectivity index (χ4v) is 3.12. The Morgan fingerprint density at radius 1 is 1.38 bits per heavy atom. The molecule has 110 valence electrons. The Morgan fingerprint density at radius 3 is 2.95 bits per heavy atom. The number of amides is 1. The second kappa shape index (κ2) is 6.45. The van der Waals surface area contributed by atoms with E-state index in [2.05, 4.69) is 4.98 Å². The van der Waals surface area contributed by atoms with Gasteiger partial charge in [0, 0.05) is 23.5 Å². The predicted octanol–water partition coefficient (Wildman–Crippen LogP) is 3.61. The van der Waals surface area contributed by atoms with E-state index < -0.39 is 0 Å². The van der Waals surface area contributed by atoms with E-state index in [-0.39, 0.29) is 5.91 Å². The van der Waals surface area contributed by atoms with Gasteiger partial charge in [0.1, 0.15) is 23.1 Å². The summed E-state index contributed by atoms with van der Waals surface area (Å²) < 4.78 is 5.63. The van der Waals surface area contributed by atoms with E-state index in [1.807, 2.05) is 17.0 Å². The Morgan fingerprint density at radius 2 is 2.19 bits per heavy atom. The molecule has 1 amide bonds. The third-order valence-electron chi connectivity index (χ3n) is 3.32. The Hall–Kier alpha value is -1.59. The van der Waals surface area contributed by atoms with E-state index in [1.165, 1.54) is 11.3 Å². The molecule has 0 saturated carbocycles. The number of carbonyl (C=O) groups excluding carboxylic acids is 1. The lowest BCUT2D eigenvalue weighted by molar-refractivity contribution is 0.0787. The molecule has 4 nitrogen and oxygen atoms in total. The van der Waals surface area contributed by atoms with Gasteiger partial charge in [-0.1, -0.05) is 17.7 Å². The van der Waals surface area contributed by atoms with E-state index >= 15 is 0 Å². The van der Waals surface area contributed by atoms with Crippen LogP contribution >= 0.6 is 22.9 Å². The highest BCUT2D eigenvalue weighted by atomic mass is 35.5. The first-order valence-corrected chi connectivity index (χ1v) is 8.10. The SMILES string of the molecule is O=C(c1csc(COc2cccc(Cl)c2)n1)N1CCCC1. The number of hydrogen-bond acceptors (Lipinski definition) is 4. The highest BCUT2D eigenvalue weighted by Gasteiger charge is 2.21. The molecule has 1 saturated heterocycles. The second-order valence-corrected chi connectivity index (χ2v) is 6.25. The smallest absolute Gasteiger partial charge is 0.273 e. The van der Waals surface area contributed by atoms with Gasteiger partial charge in [-0.25, -0.2) is 4.98 Å². The van der Waals surface area contributed by atoms with Crippen molar-refractivity contribution in [2.75, 3.05) is 13.1 Å². The lowest BCUT2D eigenvalue weighted by atomic mass is 10.3. The number of halogens is 1. The van der Waals surface area contributed by atoms with Crippen molar-refractivity contribution in [2.24, 2.45) is 0 Å². The molecule has 0 spiro atoms. The van der Waals surface area contributed by atoms with E-state index in [0.29, 0.717) is 23.1 Å². The molecule has 6 heteroatoms. The van der Waals surface area contributed by atoms with Gasteiger partial charge in [0.05, 0.1) is 0 Å². The van der Waals surface area contributed by atoms with E-state index in [9.17, 15) is 4.79 Å². The average molecular weight is 323 g/mol. The Bertz CT molecular complexity index is 638. The lowest BCUT2D eigenvalue weighted by Gasteiger charge is -2.12. The van der Waals surface area contributed by atoms with E-state index in [0.717, 1.165) is 30.9 Å². The summed E-state index contributed by atoms with van der Waals surface area (Å²) in [6, 6.07) is 7.23. The molecule has 1 aliphatic heterocycles. The molecular formula is C15H15ClN2O2S. The molecule has 1 aliphatic rings. The fraction of sp³-hybridized carbons (Fsp3) is 0.333. The van der Waals surface area contributed by atoms with Crippen molar-refractivity contribution in [1.82, 2.24) is 9.88 Å². The average Bonchev–Trinajstić information content (AvgIpc) is 3.16. The van der Waals surface area contributed by atoms with E-state index in [4.69, 9.17) is 16.3 Å². The third-order valence-corrected chi connectivity index (χ3v) is 4.38. The number of thiazole rings is 1. The van der Waals surface area contributed by atoms with Crippen molar-refractivity contribution in [2.45, 2.75) is 19.4 Å². The molecule has 0 unspecified atom stereocenters. The van der Waals surface area contributed by atoms with Gasteiger partial charge in [0.2, 0.25) is 0 Å². The number of rotatable bonds is 4. The molecule has 0 aliphatic carbocycles. The van der Waals surface area contributed by atoms with Crippen molar-refractivity contribution >= 4 is 28.8 Å². The standard InChI is InChI=1S/C15H15ClN2O2S/c16-11-4-3-5-12(8-11)20-9-14-17-13(10-21-14)15(19)18-6-1-2-7-18/h3-5,8,10H,1-2,6-7,9H2. The predicted molar refractivity (Wildman–Crippen MR) is 83.0 cm³/mol. The molecule has 0 N–H and O–H groups in total. The Balaban J connectivity index is 1.61. The summed E-state index contributed by atoms with van der Waals surface area (Å²) in [4.78, 5) is 18.4. The van der Waals surface area contributed by atoms with Crippen LogP contribution in [0.3, 0.4) is 0 Å². The summed E-state index contributed by atoms with van der Waals surface area (Å²) in [6.45, 7) is 2.02. The maximum Gasteiger partial charge on any atom is 0.273 e. The van der Waals surface area contributed by atoms with Crippen LogP contribution in [0.1, 0.15) is 28.3 Å². The Kier molecular flexibility index (Phi) is 4.41. The van der Waals surface area contributed by atoms with Crippen LogP contribution in [0.4, 0.5) is 0 Å². The molecule has 0 bridgehead atoms. The minimum atomic E-state index is 0.0257. The summed E-state index contributed by atoms with van der Waals surface area (Å²) >= 11 is 7.35. The van der Waals surface area contributed by atoms with Crippen molar-refractivity contribution in [3.63, 3.8) is 0 Å². The number of benzene rings is 1. The summed E-state index contributed by atoms with van der Waals surface area (Å²) in [6.07, 6.45) is 2.17. The number of carbonyl (C=O) groups is 1. The molecule has 21 heavy (non-hydrogen) atoms. The van der Waals surface area contributed by atoms with Crippen molar-refractivity contribution < 1.29 is 9.53 Å². The van der Waals surface area contributed by atoms with Gasteiger partial charge in [-0.2, -0.15) is 0 Å². The summed E-state index contributed by atoms with van der Waals surface area (Å²) in [5, 5.41) is 3.23. The quantitative estimate of drug-likeness (QED) is 0.863. The van der Waals surface area contributed by atoms with Crippen LogP contribution in [0.15, 0.2) is 29.6 Å². The van der Waals surface area contributed by atoms with Crippen LogP contribution in [0, 0.1) is 0 Å². The first kappa shape index (κ1) is 14.4. The lowest BCUT2D eigenvalue weighted by Crippen LogP contribution is -2.27. The van der Waals surface area contributed by atoms with Crippen molar-refractivity contribution in [3.05, 3.63) is 45.4 Å². The molecule has 3 rings (SSSR count). The molecule has 0 atom stereocenters. The van der Waals surface area contributed by atoms with Crippen LogP contribution in [0.5, 0.6) is 5.75 Å². The van der Waals surface area contributed by atoms with Crippen molar-refractivity contribution in [1.29, 1.82) is 0 Å². The van der Waals surface area contributed by atoms with Gasteiger partial charge in [-0.3, -0.25) is 4.79 Å². The zero-order valence-corrected chi connectivity index (χ0v) is 13.0. The minimum absolute atomic E-state index is 0.0257. The number of aromatic nitrogens is 1. The van der Waals surface area contributed by atoms with Gasteiger partial charge in [0.25, 0.3) is 5.91 Å². The minimum Gasteiger partial charge on any atom is -0.486 e. The zero-order chi connectivity index (χ0) is 14.7. The molecule has 1 aromatic carbocycles. The van der Waals surface area contributed by atoms with Crippen LogP contribution in [-0.2, 0) is 6.61 Å². The second-order valence-electron chi connectivity index (χ2n) is 4.87.